The maximum Gasteiger partial charge on any atom is 0.257 e. The number of nitrogens with zero attached hydrogens (tertiary/aromatic N) is 1. The highest BCUT2D eigenvalue weighted by Crippen LogP contribution is 2.48. The monoisotopic (exact) mass is 428 g/mol. The predicted molar refractivity (Wildman–Crippen MR) is 100 cm³/mol. The van der Waals surface area contributed by atoms with Gasteiger partial charge in [0, 0.05) is 6.42 Å². The van der Waals surface area contributed by atoms with Gasteiger partial charge >= 0.3 is 0 Å². The van der Waals surface area contributed by atoms with Crippen molar-refractivity contribution in [2.75, 3.05) is 11.5 Å². The van der Waals surface area contributed by atoms with Crippen LogP contribution in [0.25, 0.3) is 0 Å². The highest BCUT2D eigenvalue weighted by Gasteiger charge is 2.46. The van der Waals surface area contributed by atoms with E-state index in [1.165, 1.54) is 12.1 Å². The zero-order valence-corrected chi connectivity index (χ0v) is 16.6. The highest BCUT2D eigenvalue weighted by atomic mass is 32.2. The van der Waals surface area contributed by atoms with Crippen LogP contribution in [0.5, 0.6) is 0 Å². The first kappa shape index (κ1) is 21.8. The molecule has 29 heavy (non-hydrogen) atoms. The fourth-order valence-corrected chi connectivity index (χ4v) is 5.31. The number of halogens is 3. The third-order valence-corrected chi connectivity index (χ3v) is 7.28. The predicted octanol–water partition coefficient (Wildman–Crippen LogP) is 3.18. The summed E-state index contributed by atoms with van der Waals surface area (Å²) in [6.45, 7) is 0. The molecule has 0 bridgehead atoms. The number of Topliss-reactive ketones (excluding diaryl/α,β-unsaturated/α-hetero) is 1. The molecule has 5 nitrogen and oxygen atoms in total. The second kappa shape index (κ2) is 8.44. The molecule has 9 heteroatoms. The van der Waals surface area contributed by atoms with Crippen molar-refractivity contribution in [1.82, 2.24) is 5.32 Å². The number of carbonyl (C=O) groups excluding carboxylic acids is 1. The van der Waals surface area contributed by atoms with Crippen LogP contribution >= 0.6 is 0 Å². The summed E-state index contributed by atoms with van der Waals surface area (Å²) in [5.41, 5.74) is -0.756. The SMILES string of the molecule is N#CC1(CC(=O)[C@H](CS(=O)(=O)CC2CC2)N[C@@H](c2ccc(F)cc2)C(F)F)CC1. The van der Waals surface area contributed by atoms with Crippen LogP contribution in [0.1, 0.15) is 43.7 Å². The van der Waals surface area contributed by atoms with Gasteiger partial charge in [-0.3, -0.25) is 10.1 Å². The lowest BCUT2D eigenvalue weighted by atomic mass is 9.97. The largest absolute Gasteiger partial charge is 0.298 e. The minimum absolute atomic E-state index is 0.0557. The second-order valence-electron chi connectivity index (χ2n) is 8.14. The Kier molecular flexibility index (Phi) is 6.34. The van der Waals surface area contributed by atoms with E-state index < -0.39 is 51.1 Å². The van der Waals surface area contributed by atoms with Gasteiger partial charge in [-0.05, 0) is 49.3 Å². The number of hydrogen-bond donors (Lipinski definition) is 1. The molecule has 2 aliphatic carbocycles. The standard InChI is InChI=1S/C20H23F3N2O3S/c21-15-5-3-14(4-6-15)18(19(22)23)25-16(11-29(27,28)10-13-1-2-13)17(26)9-20(12-24)7-8-20/h3-6,13,16,18-19,25H,1-2,7-11H2/t16-,18-/m0/s1. The lowest BCUT2D eigenvalue weighted by Crippen LogP contribution is -2.47. The van der Waals surface area contributed by atoms with Crippen molar-refractivity contribution in [3.8, 4) is 6.07 Å². The Morgan fingerprint density at radius 2 is 1.86 bits per heavy atom. The van der Waals surface area contributed by atoms with E-state index in [1.807, 2.05) is 0 Å². The van der Waals surface area contributed by atoms with Crippen LogP contribution < -0.4 is 5.32 Å². The summed E-state index contributed by atoms with van der Waals surface area (Å²) in [6.07, 6.45) is -0.428. The van der Waals surface area contributed by atoms with Crippen molar-refractivity contribution in [2.45, 2.75) is 50.6 Å². The summed E-state index contributed by atoms with van der Waals surface area (Å²) in [6, 6.07) is 3.50. The Hall–Kier alpha value is -1.92. The van der Waals surface area contributed by atoms with Gasteiger partial charge in [-0.1, -0.05) is 12.1 Å². The normalized spacial score (nSPS) is 20.1. The molecule has 2 atom stereocenters. The molecular weight excluding hydrogens is 405 g/mol. The molecule has 2 saturated carbocycles. The third kappa shape index (κ3) is 6.03. The van der Waals surface area contributed by atoms with Gasteiger partial charge in [0.05, 0.1) is 35.1 Å². The molecule has 0 aliphatic heterocycles. The van der Waals surface area contributed by atoms with Crippen LogP contribution in [0.4, 0.5) is 13.2 Å². The summed E-state index contributed by atoms with van der Waals surface area (Å²) in [5, 5.41) is 11.7. The van der Waals surface area contributed by atoms with Crippen molar-refractivity contribution in [1.29, 1.82) is 5.26 Å². The number of carbonyl (C=O) groups is 1. The third-order valence-electron chi connectivity index (χ3n) is 5.46. The Balaban J connectivity index is 1.80. The molecule has 1 aromatic rings. The zero-order valence-electron chi connectivity index (χ0n) is 15.8. The first-order chi connectivity index (χ1) is 13.6. The number of sulfone groups is 1. The Morgan fingerprint density at radius 1 is 1.24 bits per heavy atom. The van der Waals surface area contributed by atoms with Gasteiger partial charge in [0.2, 0.25) is 0 Å². The van der Waals surface area contributed by atoms with Gasteiger partial charge in [0.15, 0.2) is 15.6 Å². The maximum absolute atomic E-state index is 13.7. The average molecular weight is 428 g/mol. The van der Waals surface area contributed by atoms with E-state index in [9.17, 15) is 31.6 Å². The smallest absolute Gasteiger partial charge is 0.257 e. The van der Waals surface area contributed by atoms with Gasteiger partial charge in [0.1, 0.15) is 5.82 Å². The van der Waals surface area contributed by atoms with Gasteiger partial charge in [-0.15, -0.1) is 0 Å². The number of rotatable bonds is 11. The van der Waals surface area contributed by atoms with Crippen molar-refractivity contribution in [2.24, 2.45) is 11.3 Å². The minimum atomic E-state index is -3.64. The summed E-state index contributed by atoms with van der Waals surface area (Å²) < 4.78 is 65.5. The van der Waals surface area contributed by atoms with E-state index in [1.54, 1.807) is 0 Å². The molecule has 0 aromatic heterocycles. The first-order valence-electron chi connectivity index (χ1n) is 9.57. The highest BCUT2D eigenvalue weighted by molar-refractivity contribution is 7.91. The summed E-state index contributed by atoms with van der Waals surface area (Å²) >= 11 is 0. The van der Waals surface area contributed by atoms with Gasteiger partial charge in [0.25, 0.3) is 6.43 Å². The van der Waals surface area contributed by atoms with Gasteiger partial charge < -0.3 is 0 Å². The van der Waals surface area contributed by atoms with Gasteiger partial charge in [-0.25, -0.2) is 21.6 Å². The molecule has 0 unspecified atom stereocenters. The summed E-state index contributed by atoms with van der Waals surface area (Å²) in [5.74, 6) is -1.75. The zero-order chi connectivity index (χ0) is 21.2. The van der Waals surface area contributed by atoms with Crippen molar-refractivity contribution >= 4 is 15.6 Å². The number of nitriles is 1. The average Bonchev–Trinajstić information content (AvgIpc) is 3.57. The molecule has 0 saturated heterocycles. The lowest BCUT2D eigenvalue weighted by Gasteiger charge is -2.25. The first-order valence-corrected chi connectivity index (χ1v) is 11.4. The molecule has 0 radical (unpaired) electrons. The van der Waals surface area contributed by atoms with Crippen molar-refractivity contribution in [3.63, 3.8) is 0 Å². The van der Waals surface area contributed by atoms with E-state index in [0.29, 0.717) is 12.8 Å². The summed E-state index contributed by atoms with van der Waals surface area (Å²) in [4.78, 5) is 12.8. The quantitative estimate of drug-likeness (QED) is 0.585. The number of ketones is 1. The number of benzene rings is 1. The van der Waals surface area contributed by atoms with E-state index >= 15 is 0 Å². The topological polar surface area (TPSA) is 87.0 Å². The van der Waals surface area contributed by atoms with Crippen molar-refractivity contribution < 1.29 is 26.4 Å². The molecular formula is C20H23F3N2O3S. The number of nitrogens with one attached hydrogen (secondary N) is 1. The number of hydrogen-bond acceptors (Lipinski definition) is 5. The number of alkyl halides is 2. The Bertz CT molecular complexity index is 889. The van der Waals surface area contributed by atoms with E-state index in [2.05, 4.69) is 11.4 Å². The van der Waals surface area contributed by atoms with Crippen molar-refractivity contribution in [3.05, 3.63) is 35.6 Å². The van der Waals surface area contributed by atoms with E-state index in [4.69, 9.17) is 0 Å². The Labute approximate surface area is 168 Å². The molecule has 3 rings (SSSR count). The molecule has 1 aromatic carbocycles. The Morgan fingerprint density at radius 3 is 2.34 bits per heavy atom. The molecule has 0 amide bonds. The van der Waals surface area contributed by atoms with E-state index in [0.717, 1.165) is 25.0 Å². The van der Waals surface area contributed by atoms with Crippen LogP contribution in [0.3, 0.4) is 0 Å². The minimum Gasteiger partial charge on any atom is -0.298 e. The molecule has 2 fully saturated rings. The van der Waals surface area contributed by atoms with Gasteiger partial charge in [-0.2, -0.15) is 5.26 Å². The molecule has 1 N–H and O–H groups in total. The second-order valence-corrected chi connectivity index (χ2v) is 10.3. The lowest BCUT2D eigenvalue weighted by molar-refractivity contribution is -0.121. The molecule has 0 spiro atoms. The molecule has 2 aliphatic rings. The molecule has 158 valence electrons. The molecule has 0 heterocycles. The van der Waals surface area contributed by atoms with E-state index in [-0.39, 0.29) is 23.7 Å². The fourth-order valence-electron chi connectivity index (χ4n) is 3.34. The maximum atomic E-state index is 13.7. The van der Waals surface area contributed by atoms with Crippen LogP contribution in [-0.4, -0.2) is 38.2 Å². The van der Waals surface area contributed by atoms with Crippen LogP contribution in [0.2, 0.25) is 0 Å². The van der Waals surface area contributed by atoms with Crippen LogP contribution in [-0.2, 0) is 14.6 Å². The van der Waals surface area contributed by atoms with Crippen LogP contribution in [0, 0.1) is 28.5 Å². The fraction of sp³-hybridized carbons (Fsp3) is 0.600. The van der Waals surface area contributed by atoms with Crippen LogP contribution in [0.15, 0.2) is 24.3 Å². The summed E-state index contributed by atoms with van der Waals surface area (Å²) in [7, 11) is -3.64.